The van der Waals surface area contributed by atoms with Crippen molar-refractivity contribution in [2.24, 2.45) is 11.5 Å². The zero-order valence-electron chi connectivity index (χ0n) is 16.3. The van der Waals surface area contributed by atoms with Gasteiger partial charge in [-0.05, 0) is 19.8 Å². The van der Waals surface area contributed by atoms with Gasteiger partial charge in [0.2, 0.25) is 23.6 Å². The van der Waals surface area contributed by atoms with Gasteiger partial charge in [-0.15, -0.1) is 0 Å². The summed E-state index contributed by atoms with van der Waals surface area (Å²) in [6, 6.07) is -4.19. The minimum Gasteiger partial charge on any atom is -0.481 e. The minimum absolute atomic E-state index is 0.103. The van der Waals surface area contributed by atoms with Crippen molar-refractivity contribution in [3.05, 3.63) is 0 Å². The number of hydrogen-bond donors (Lipinski definition) is 8. The number of primary amides is 1. The summed E-state index contributed by atoms with van der Waals surface area (Å²) < 4.78 is 0. The highest BCUT2D eigenvalue weighted by molar-refractivity contribution is 5.94. The number of hydrogen-bond acceptors (Lipinski definition) is 8. The van der Waals surface area contributed by atoms with Gasteiger partial charge in [0.25, 0.3) is 0 Å². The molecule has 0 radical (unpaired) electrons. The number of carboxylic acid groups (broad SMARTS) is 2. The van der Waals surface area contributed by atoms with Gasteiger partial charge in [-0.2, -0.15) is 0 Å². The van der Waals surface area contributed by atoms with Gasteiger partial charge in [-0.1, -0.05) is 0 Å². The standard InChI is InChI=1S/C16H27N5O9/c1-7(22)13(21-14(28)8(17)2-4-10(18)23)16(30)20-9(3-5-11(24)25)15(29)19-6-12(26)27/h7-9,13,22H,2-6,17H2,1H3,(H2,18,23)(H,19,29)(H,20,30)(H,21,28)(H,24,25)(H,26,27). The molecule has 0 aliphatic heterocycles. The van der Waals surface area contributed by atoms with Gasteiger partial charge in [-0.3, -0.25) is 28.8 Å². The largest absolute Gasteiger partial charge is 0.481 e. The van der Waals surface area contributed by atoms with E-state index in [1.54, 1.807) is 0 Å². The molecule has 0 aromatic heterocycles. The second-order valence-corrected chi connectivity index (χ2v) is 6.44. The van der Waals surface area contributed by atoms with Crippen LogP contribution in [0.1, 0.15) is 32.6 Å². The molecular weight excluding hydrogens is 406 g/mol. The van der Waals surface area contributed by atoms with E-state index in [2.05, 4.69) is 10.6 Å². The van der Waals surface area contributed by atoms with E-state index >= 15 is 0 Å². The Labute approximate surface area is 171 Å². The molecule has 0 aromatic carbocycles. The van der Waals surface area contributed by atoms with Crippen molar-refractivity contribution in [1.29, 1.82) is 0 Å². The predicted molar refractivity (Wildman–Crippen MR) is 99.5 cm³/mol. The van der Waals surface area contributed by atoms with Crippen LogP contribution in [0.15, 0.2) is 0 Å². The maximum absolute atomic E-state index is 12.5. The second-order valence-electron chi connectivity index (χ2n) is 6.44. The van der Waals surface area contributed by atoms with Crippen LogP contribution >= 0.6 is 0 Å². The Hall–Kier alpha value is -3.26. The minimum atomic E-state index is -1.56. The van der Waals surface area contributed by atoms with Gasteiger partial charge in [0, 0.05) is 12.8 Å². The molecule has 0 saturated carbocycles. The summed E-state index contributed by atoms with van der Waals surface area (Å²) in [6.07, 6.45) is -2.60. The van der Waals surface area contributed by atoms with Crippen LogP contribution in [0.5, 0.6) is 0 Å². The summed E-state index contributed by atoms with van der Waals surface area (Å²) in [7, 11) is 0. The predicted octanol–water partition coefficient (Wildman–Crippen LogP) is -4.00. The van der Waals surface area contributed by atoms with Crippen LogP contribution in [-0.4, -0.2) is 81.7 Å². The quantitative estimate of drug-likeness (QED) is 0.132. The molecule has 0 aromatic rings. The number of aliphatic carboxylic acids is 2. The van der Waals surface area contributed by atoms with Crippen LogP contribution in [0.2, 0.25) is 0 Å². The lowest BCUT2D eigenvalue weighted by Gasteiger charge is -2.25. The molecule has 4 amide bonds. The molecule has 14 heteroatoms. The van der Waals surface area contributed by atoms with Crippen molar-refractivity contribution in [3.63, 3.8) is 0 Å². The monoisotopic (exact) mass is 433 g/mol. The highest BCUT2D eigenvalue weighted by Gasteiger charge is 2.31. The van der Waals surface area contributed by atoms with Crippen LogP contribution in [0, 0.1) is 0 Å². The van der Waals surface area contributed by atoms with Crippen molar-refractivity contribution >= 4 is 35.6 Å². The van der Waals surface area contributed by atoms with Gasteiger partial charge in [0.05, 0.1) is 12.1 Å². The fraction of sp³-hybridized carbons (Fsp3) is 0.625. The lowest BCUT2D eigenvalue weighted by molar-refractivity contribution is -0.140. The number of nitrogens with two attached hydrogens (primary N) is 2. The molecule has 0 rings (SSSR count). The molecule has 4 atom stereocenters. The summed E-state index contributed by atoms with van der Waals surface area (Å²) in [5, 5.41) is 33.6. The van der Waals surface area contributed by atoms with Crippen LogP contribution in [-0.2, 0) is 28.8 Å². The SMILES string of the molecule is CC(O)C(NC(=O)C(N)CCC(N)=O)C(=O)NC(CCC(=O)O)C(=O)NCC(=O)O. The number of aliphatic hydroxyl groups is 1. The number of aliphatic hydroxyl groups excluding tert-OH is 1. The molecule has 0 aliphatic rings. The zero-order chi connectivity index (χ0) is 23.4. The van der Waals surface area contributed by atoms with Crippen molar-refractivity contribution in [1.82, 2.24) is 16.0 Å². The Morgan fingerprint density at radius 3 is 1.93 bits per heavy atom. The first kappa shape index (κ1) is 26.7. The fourth-order valence-corrected chi connectivity index (χ4v) is 2.18. The molecule has 170 valence electrons. The average molecular weight is 433 g/mol. The smallest absolute Gasteiger partial charge is 0.322 e. The maximum atomic E-state index is 12.5. The number of carboxylic acids is 2. The number of carbonyl (C=O) groups is 6. The third-order valence-corrected chi connectivity index (χ3v) is 3.79. The Morgan fingerprint density at radius 2 is 1.47 bits per heavy atom. The van der Waals surface area contributed by atoms with Gasteiger partial charge >= 0.3 is 11.9 Å². The maximum Gasteiger partial charge on any atom is 0.322 e. The van der Waals surface area contributed by atoms with Crippen LogP contribution in [0.3, 0.4) is 0 Å². The van der Waals surface area contributed by atoms with Crippen molar-refractivity contribution < 1.29 is 44.1 Å². The molecule has 0 spiro atoms. The molecule has 14 nitrogen and oxygen atoms in total. The first-order valence-electron chi connectivity index (χ1n) is 8.89. The van der Waals surface area contributed by atoms with E-state index in [0.717, 1.165) is 0 Å². The molecule has 0 aliphatic carbocycles. The Balaban J connectivity index is 5.18. The molecule has 0 heterocycles. The van der Waals surface area contributed by atoms with Gasteiger partial charge in [0.1, 0.15) is 18.6 Å². The van der Waals surface area contributed by atoms with E-state index < -0.39 is 72.8 Å². The highest BCUT2D eigenvalue weighted by atomic mass is 16.4. The zero-order valence-corrected chi connectivity index (χ0v) is 16.3. The van der Waals surface area contributed by atoms with E-state index in [-0.39, 0.29) is 19.3 Å². The lowest BCUT2D eigenvalue weighted by atomic mass is 10.1. The van der Waals surface area contributed by atoms with Gasteiger partial charge in [0.15, 0.2) is 0 Å². The topological polar surface area (TPSA) is 251 Å². The molecule has 4 unspecified atom stereocenters. The van der Waals surface area contributed by atoms with Crippen LogP contribution < -0.4 is 27.4 Å². The molecular formula is C16H27N5O9. The van der Waals surface area contributed by atoms with E-state index in [4.69, 9.17) is 21.7 Å². The number of carbonyl (C=O) groups excluding carboxylic acids is 4. The summed E-state index contributed by atoms with van der Waals surface area (Å²) in [6.45, 7) is 0.416. The lowest BCUT2D eigenvalue weighted by Crippen LogP contribution is -2.59. The molecule has 0 saturated heterocycles. The normalized spacial score (nSPS) is 14.5. The number of amides is 4. The molecule has 0 fully saturated rings. The molecule has 10 N–H and O–H groups in total. The molecule has 30 heavy (non-hydrogen) atoms. The first-order valence-corrected chi connectivity index (χ1v) is 8.89. The van der Waals surface area contributed by atoms with Crippen molar-refractivity contribution in [2.45, 2.75) is 56.8 Å². The fourth-order valence-electron chi connectivity index (χ4n) is 2.18. The Kier molecular flexibility index (Phi) is 11.6. The highest BCUT2D eigenvalue weighted by Crippen LogP contribution is 2.03. The van der Waals surface area contributed by atoms with E-state index in [0.29, 0.717) is 0 Å². The summed E-state index contributed by atoms with van der Waals surface area (Å²) >= 11 is 0. The van der Waals surface area contributed by atoms with E-state index in [1.807, 2.05) is 5.32 Å². The molecule has 0 bridgehead atoms. The first-order chi connectivity index (χ1) is 13.8. The van der Waals surface area contributed by atoms with Gasteiger partial charge < -0.3 is 42.7 Å². The summed E-state index contributed by atoms with van der Waals surface area (Å²) in [5.41, 5.74) is 10.6. The third kappa shape index (κ3) is 10.9. The average Bonchev–Trinajstić information content (AvgIpc) is 2.64. The van der Waals surface area contributed by atoms with Crippen molar-refractivity contribution in [3.8, 4) is 0 Å². The summed E-state index contributed by atoms with van der Waals surface area (Å²) in [4.78, 5) is 68.7. The van der Waals surface area contributed by atoms with Gasteiger partial charge in [-0.25, -0.2) is 0 Å². The number of nitrogens with one attached hydrogen (secondary N) is 3. The Morgan fingerprint density at radius 1 is 0.867 bits per heavy atom. The van der Waals surface area contributed by atoms with Crippen LogP contribution in [0.4, 0.5) is 0 Å². The number of rotatable bonds is 14. The van der Waals surface area contributed by atoms with E-state index in [1.165, 1.54) is 6.92 Å². The summed E-state index contributed by atoms with van der Waals surface area (Å²) in [5.74, 6) is -6.15. The van der Waals surface area contributed by atoms with Crippen molar-refractivity contribution in [2.75, 3.05) is 6.54 Å². The van der Waals surface area contributed by atoms with E-state index in [9.17, 15) is 33.9 Å². The third-order valence-electron chi connectivity index (χ3n) is 3.79. The Bertz CT molecular complexity index is 667. The second kappa shape index (κ2) is 13.1. The van der Waals surface area contributed by atoms with Crippen LogP contribution in [0.25, 0.3) is 0 Å².